The summed E-state index contributed by atoms with van der Waals surface area (Å²) in [5.41, 5.74) is 5.63. The maximum atomic E-state index is 5.60. The van der Waals surface area contributed by atoms with Crippen LogP contribution in [0.4, 0.5) is 0 Å². The van der Waals surface area contributed by atoms with Crippen molar-refractivity contribution in [3.05, 3.63) is 77.2 Å². The number of aliphatic imine (C=N–C) groups is 1. The monoisotopic (exact) mass is 490 g/mol. The second-order valence-electron chi connectivity index (χ2n) is 6.60. The quantitative estimate of drug-likeness (QED) is 0.304. The highest BCUT2D eigenvalue weighted by Gasteiger charge is 2.07. The van der Waals surface area contributed by atoms with Crippen LogP contribution in [0.25, 0.3) is 11.5 Å². The van der Waals surface area contributed by atoms with Crippen LogP contribution in [0.3, 0.4) is 0 Å². The number of hydrogen-bond donors (Lipinski definition) is 2. The zero-order chi connectivity index (χ0) is 19.1. The molecule has 0 bridgehead atoms. The number of rotatable bonds is 6. The van der Waals surface area contributed by atoms with Crippen molar-refractivity contribution in [2.45, 2.75) is 26.8 Å². The lowest BCUT2D eigenvalue weighted by Crippen LogP contribution is -2.37. The molecule has 28 heavy (non-hydrogen) atoms. The zero-order valence-electron chi connectivity index (χ0n) is 16.5. The first-order chi connectivity index (χ1) is 13.1. The summed E-state index contributed by atoms with van der Waals surface area (Å²) < 4.78 is 5.60. The molecule has 2 aromatic carbocycles. The average Bonchev–Trinajstić information content (AvgIpc) is 3.14. The van der Waals surface area contributed by atoms with E-state index in [0.29, 0.717) is 12.4 Å². The van der Waals surface area contributed by atoms with E-state index in [-0.39, 0.29) is 24.0 Å². The fourth-order valence-electron chi connectivity index (χ4n) is 2.80. The number of benzene rings is 2. The van der Waals surface area contributed by atoms with Crippen LogP contribution in [0.5, 0.6) is 0 Å². The van der Waals surface area contributed by atoms with Crippen molar-refractivity contribution in [2.24, 2.45) is 4.99 Å². The van der Waals surface area contributed by atoms with E-state index >= 15 is 0 Å². The maximum Gasteiger partial charge on any atom is 0.226 e. The fraction of sp³-hybridized carbons (Fsp3) is 0.273. The Kier molecular flexibility index (Phi) is 8.50. The van der Waals surface area contributed by atoms with Crippen LogP contribution in [-0.2, 0) is 13.0 Å². The van der Waals surface area contributed by atoms with Gasteiger partial charge in [0.2, 0.25) is 5.89 Å². The summed E-state index contributed by atoms with van der Waals surface area (Å²) >= 11 is 0. The number of oxazole rings is 1. The standard InChI is InChI=1S/C22H26N4O.HI/c1-16-7-9-19(10-8-16)21-26-20(15-27-21)14-25-22(23-3)24-12-11-18-6-4-5-17(2)13-18;/h4-10,13,15H,11-12,14H2,1-3H3,(H2,23,24,25);1H. The molecule has 0 aliphatic heterocycles. The van der Waals surface area contributed by atoms with Crippen molar-refractivity contribution in [1.29, 1.82) is 0 Å². The SMILES string of the molecule is CN=C(NCCc1cccc(C)c1)NCc1coc(-c2ccc(C)cc2)n1.I. The lowest BCUT2D eigenvalue weighted by Gasteiger charge is -2.11. The molecule has 6 heteroatoms. The Balaban J connectivity index is 0.00000280. The van der Waals surface area contributed by atoms with Gasteiger partial charge in [0, 0.05) is 19.2 Å². The predicted molar refractivity (Wildman–Crippen MR) is 125 cm³/mol. The lowest BCUT2D eigenvalue weighted by molar-refractivity contribution is 0.572. The molecule has 0 spiro atoms. The normalized spacial score (nSPS) is 11.0. The minimum Gasteiger partial charge on any atom is -0.444 e. The number of nitrogens with one attached hydrogen (secondary N) is 2. The van der Waals surface area contributed by atoms with Gasteiger partial charge in [-0.1, -0.05) is 47.5 Å². The minimum absolute atomic E-state index is 0. The molecule has 1 heterocycles. The van der Waals surface area contributed by atoms with Gasteiger partial charge in [0.1, 0.15) is 6.26 Å². The topological polar surface area (TPSA) is 62.5 Å². The first-order valence-corrected chi connectivity index (χ1v) is 9.15. The number of nitrogens with zero attached hydrogens (tertiary/aromatic N) is 2. The molecule has 0 fully saturated rings. The summed E-state index contributed by atoms with van der Waals surface area (Å²) in [6.45, 7) is 5.54. The molecule has 0 unspecified atom stereocenters. The van der Waals surface area contributed by atoms with E-state index in [9.17, 15) is 0 Å². The molecule has 3 aromatic rings. The third-order valence-electron chi connectivity index (χ3n) is 4.30. The lowest BCUT2D eigenvalue weighted by atomic mass is 10.1. The summed E-state index contributed by atoms with van der Waals surface area (Å²) in [5, 5.41) is 6.61. The molecule has 0 atom stereocenters. The van der Waals surface area contributed by atoms with Gasteiger partial charge in [-0.05, 0) is 38.0 Å². The summed E-state index contributed by atoms with van der Waals surface area (Å²) in [6, 6.07) is 16.7. The Morgan fingerprint density at radius 1 is 1.04 bits per heavy atom. The second kappa shape index (κ2) is 10.8. The van der Waals surface area contributed by atoms with Gasteiger partial charge < -0.3 is 15.1 Å². The van der Waals surface area contributed by atoms with Gasteiger partial charge in [-0.25, -0.2) is 4.98 Å². The van der Waals surface area contributed by atoms with E-state index in [1.165, 1.54) is 16.7 Å². The second-order valence-corrected chi connectivity index (χ2v) is 6.60. The number of aromatic nitrogens is 1. The van der Waals surface area contributed by atoms with Gasteiger partial charge in [-0.2, -0.15) is 0 Å². The van der Waals surface area contributed by atoms with Gasteiger partial charge in [0.25, 0.3) is 0 Å². The van der Waals surface area contributed by atoms with Crippen LogP contribution < -0.4 is 10.6 Å². The first-order valence-electron chi connectivity index (χ1n) is 9.15. The minimum atomic E-state index is 0. The van der Waals surface area contributed by atoms with E-state index in [1.807, 2.05) is 12.1 Å². The third-order valence-corrected chi connectivity index (χ3v) is 4.30. The molecule has 3 rings (SSSR count). The smallest absolute Gasteiger partial charge is 0.226 e. The van der Waals surface area contributed by atoms with Gasteiger partial charge >= 0.3 is 0 Å². The number of hydrogen-bond acceptors (Lipinski definition) is 3. The number of aryl methyl sites for hydroxylation is 2. The highest BCUT2D eigenvalue weighted by atomic mass is 127. The molecule has 148 valence electrons. The molecule has 0 amide bonds. The van der Waals surface area contributed by atoms with E-state index in [2.05, 4.69) is 70.9 Å². The highest BCUT2D eigenvalue weighted by molar-refractivity contribution is 14.0. The van der Waals surface area contributed by atoms with Gasteiger partial charge in [-0.3, -0.25) is 4.99 Å². The van der Waals surface area contributed by atoms with E-state index < -0.39 is 0 Å². The van der Waals surface area contributed by atoms with Crippen LogP contribution in [0.1, 0.15) is 22.4 Å². The Morgan fingerprint density at radius 2 is 1.82 bits per heavy atom. The highest BCUT2D eigenvalue weighted by Crippen LogP contribution is 2.18. The Morgan fingerprint density at radius 3 is 2.54 bits per heavy atom. The molecule has 0 aliphatic carbocycles. The van der Waals surface area contributed by atoms with Crippen molar-refractivity contribution in [1.82, 2.24) is 15.6 Å². The average molecular weight is 490 g/mol. The van der Waals surface area contributed by atoms with Crippen molar-refractivity contribution in [3.63, 3.8) is 0 Å². The first kappa shape index (κ1) is 21.9. The summed E-state index contributed by atoms with van der Waals surface area (Å²) in [5.74, 6) is 1.39. The summed E-state index contributed by atoms with van der Waals surface area (Å²) in [6.07, 6.45) is 2.63. The van der Waals surface area contributed by atoms with Crippen molar-refractivity contribution in [2.75, 3.05) is 13.6 Å². The van der Waals surface area contributed by atoms with Crippen molar-refractivity contribution >= 4 is 29.9 Å². The van der Waals surface area contributed by atoms with Crippen LogP contribution in [0.2, 0.25) is 0 Å². The van der Waals surface area contributed by atoms with Crippen LogP contribution in [0, 0.1) is 13.8 Å². The van der Waals surface area contributed by atoms with E-state index in [4.69, 9.17) is 4.42 Å². The molecule has 0 radical (unpaired) electrons. The molecular weight excluding hydrogens is 463 g/mol. The summed E-state index contributed by atoms with van der Waals surface area (Å²) in [7, 11) is 1.77. The molecule has 5 nitrogen and oxygen atoms in total. The largest absolute Gasteiger partial charge is 0.444 e. The molecular formula is C22H27IN4O. The van der Waals surface area contributed by atoms with E-state index in [1.54, 1.807) is 13.3 Å². The molecule has 2 N–H and O–H groups in total. The Bertz CT molecular complexity index is 903. The molecule has 0 saturated heterocycles. The van der Waals surface area contributed by atoms with E-state index in [0.717, 1.165) is 30.2 Å². The van der Waals surface area contributed by atoms with Gasteiger partial charge in [0.05, 0.1) is 12.2 Å². The third kappa shape index (κ3) is 6.37. The van der Waals surface area contributed by atoms with Gasteiger partial charge in [0.15, 0.2) is 5.96 Å². The van der Waals surface area contributed by atoms with Crippen molar-refractivity contribution in [3.8, 4) is 11.5 Å². The van der Waals surface area contributed by atoms with Crippen molar-refractivity contribution < 1.29 is 4.42 Å². The van der Waals surface area contributed by atoms with Crippen LogP contribution in [0.15, 0.2) is 64.2 Å². The van der Waals surface area contributed by atoms with Gasteiger partial charge in [-0.15, -0.1) is 24.0 Å². The number of halogens is 1. The van der Waals surface area contributed by atoms with Crippen LogP contribution in [-0.4, -0.2) is 24.5 Å². The predicted octanol–water partition coefficient (Wildman–Crippen LogP) is 4.48. The maximum absolute atomic E-state index is 5.60. The number of guanidine groups is 1. The van der Waals surface area contributed by atoms with Crippen LogP contribution >= 0.6 is 24.0 Å². The molecule has 1 aromatic heterocycles. The molecule has 0 aliphatic rings. The Labute approximate surface area is 183 Å². The summed E-state index contributed by atoms with van der Waals surface area (Å²) in [4.78, 5) is 8.80. The zero-order valence-corrected chi connectivity index (χ0v) is 18.9. The Hall–Kier alpha value is -2.35. The fourth-order valence-corrected chi connectivity index (χ4v) is 2.80. The molecule has 0 saturated carbocycles.